The van der Waals surface area contributed by atoms with Crippen molar-refractivity contribution in [2.45, 2.75) is 62.9 Å². The monoisotopic (exact) mass is 641 g/mol. The summed E-state index contributed by atoms with van der Waals surface area (Å²) in [5, 5.41) is 21.0. The molecule has 6 rings (SSSR count). The van der Waals surface area contributed by atoms with Crippen LogP contribution in [0, 0.1) is 6.92 Å². The highest BCUT2D eigenvalue weighted by molar-refractivity contribution is 7.09. The van der Waals surface area contributed by atoms with E-state index in [1.54, 1.807) is 35.6 Å². The van der Waals surface area contributed by atoms with Crippen molar-refractivity contribution in [1.82, 2.24) is 25.5 Å². The molecule has 11 heteroatoms. The predicted molar refractivity (Wildman–Crippen MR) is 176 cm³/mol. The van der Waals surface area contributed by atoms with E-state index in [1.807, 2.05) is 47.5 Å². The molecule has 2 aromatic carbocycles. The van der Waals surface area contributed by atoms with Crippen LogP contribution in [0.1, 0.15) is 62.3 Å². The number of oxazole rings is 1. The molecule has 0 radical (unpaired) electrons. The summed E-state index contributed by atoms with van der Waals surface area (Å²) in [6.07, 6.45) is 6.45. The molecule has 4 heterocycles. The molecule has 5 unspecified atom stereocenters. The Morgan fingerprint density at radius 3 is 2.83 bits per heavy atom. The van der Waals surface area contributed by atoms with Crippen molar-refractivity contribution in [2.24, 2.45) is 0 Å². The second-order valence-electron chi connectivity index (χ2n) is 11.9. The SMILES string of the molecule is C=CCOC1CNC(C(O)C(Cc2ccccc2)NC(=O)c2cc(C(=O)N3CCCC3c3nc(C)cs3)cc(-c3ncco3)c2)C1. The highest BCUT2D eigenvalue weighted by Crippen LogP contribution is 2.35. The molecule has 5 atom stereocenters. The lowest BCUT2D eigenvalue weighted by Crippen LogP contribution is -2.52. The van der Waals surface area contributed by atoms with E-state index >= 15 is 0 Å². The highest BCUT2D eigenvalue weighted by atomic mass is 32.1. The van der Waals surface area contributed by atoms with Gasteiger partial charge in [-0.05, 0) is 56.4 Å². The third kappa shape index (κ3) is 7.28. The molecule has 0 saturated carbocycles. The molecule has 10 nitrogen and oxygen atoms in total. The largest absolute Gasteiger partial charge is 0.445 e. The Labute approximate surface area is 272 Å². The number of carbonyl (C=O) groups excluding carboxylic acids is 2. The number of aliphatic hydroxyl groups excluding tert-OH is 1. The zero-order valence-electron chi connectivity index (χ0n) is 25.8. The first-order valence-corrected chi connectivity index (χ1v) is 16.5. The normalized spacial score (nSPS) is 20.8. The molecule has 2 aromatic heterocycles. The van der Waals surface area contributed by atoms with Crippen molar-refractivity contribution < 1.29 is 23.8 Å². The number of hydrogen-bond donors (Lipinski definition) is 3. The molecule has 4 aromatic rings. The van der Waals surface area contributed by atoms with Crippen LogP contribution in [-0.2, 0) is 11.2 Å². The summed E-state index contributed by atoms with van der Waals surface area (Å²) in [5.41, 5.74) is 3.06. The second-order valence-corrected chi connectivity index (χ2v) is 12.8. The van der Waals surface area contributed by atoms with Crippen LogP contribution < -0.4 is 10.6 Å². The Morgan fingerprint density at radius 2 is 2.09 bits per heavy atom. The molecule has 2 amide bonds. The first-order chi connectivity index (χ1) is 22.4. The van der Waals surface area contributed by atoms with Gasteiger partial charge in [0.25, 0.3) is 11.8 Å². The van der Waals surface area contributed by atoms with E-state index < -0.39 is 18.1 Å². The van der Waals surface area contributed by atoms with Gasteiger partial charge in [-0.25, -0.2) is 9.97 Å². The molecule has 2 fully saturated rings. The van der Waals surface area contributed by atoms with Gasteiger partial charge in [0.05, 0.1) is 37.1 Å². The van der Waals surface area contributed by atoms with E-state index in [0.29, 0.717) is 49.6 Å². The van der Waals surface area contributed by atoms with Crippen LogP contribution in [0.5, 0.6) is 0 Å². The van der Waals surface area contributed by atoms with Gasteiger partial charge in [0.2, 0.25) is 5.89 Å². The lowest BCUT2D eigenvalue weighted by atomic mass is 9.94. The summed E-state index contributed by atoms with van der Waals surface area (Å²) < 4.78 is 11.4. The van der Waals surface area contributed by atoms with Gasteiger partial charge in [-0.2, -0.15) is 0 Å². The van der Waals surface area contributed by atoms with Gasteiger partial charge < -0.3 is 29.8 Å². The van der Waals surface area contributed by atoms with Gasteiger partial charge in [-0.1, -0.05) is 36.4 Å². The summed E-state index contributed by atoms with van der Waals surface area (Å²) >= 11 is 1.56. The van der Waals surface area contributed by atoms with Gasteiger partial charge >= 0.3 is 0 Å². The average Bonchev–Trinajstić information content (AvgIpc) is 3.91. The molecule has 46 heavy (non-hydrogen) atoms. The number of rotatable bonds is 12. The number of aryl methyl sites for hydroxylation is 1. The van der Waals surface area contributed by atoms with Crippen LogP contribution in [0.15, 0.2) is 83.4 Å². The van der Waals surface area contributed by atoms with E-state index in [0.717, 1.165) is 29.1 Å². The maximum Gasteiger partial charge on any atom is 0.254 e. The zero-order chi connectivity index (χ0) is 32.0. The Bertz CT molecular complexity index is 1640. The number of aromatic nitrogens is 2. The molecule has 2 aliphatic rings. The van der Waals surface area contributed by atoms with Crippen LogP contribution in [0.25, 0.3) is 11.5 Å². The number of nitrogens with zero attached hydrogens (tertiary/aromatic N) is 3. The molecule has 2 saturated heterocycles. The Balaban J connectivity index is 1.27. The first kappa shape index (κ1) is 31.8. The average molecular weight is 642 g/mol. The highest BCUT2D eigenvalue weighted by Gasteiger charge is 2.36. The van der Waals surface area contributed by atoms with Crippen molar-refractivity contribution in [3.05, 3.63) is 106 Å². The van der Waals surface area contributed by atoms with E-state index in [9.17, 15) is 14.7 Å². The fraction of sp³-hybridized carbons (Fsp3) is 0.371. The van der Waals surface area contributed by atoms with Crippen LogP contribution in [0.3, 0.4) is 0 Å². The summed E-state index contributed by atoms with van der Waals surface area (Å²) in [4.78, 5) is 38.8. The van der Waals surface area contributed by atoms with Crippen molar-refractivity contribution in [3.63, 3.8) is 0 Å². The van der Waals surface area contributed by atoms with Gasteiger partial charge in [0.1, 0.15) is 11.3 Å². The van der Waals surface area contributed by atoms with Crippen molar-refractivity contribution in [3.8, 4) is 11.5 Å². The van der Waals surface area contributed by atoms with Gasteiger partial charge in [0.15, 0.2) is 0 Å². The standard InChI is InChI=1S/C35H39N5O5S/c1-3-13-44-27-19-28(37-20-27)31(41)29(15-23-8-5-4-6-9-23)39-32(42)24-16-25(33-36-11-14-45-33)18-26(17-24)35(43)40-12-7-10-30(40)34-38-22(2)21-46-34/h3-6,8-9,11,14,16-18,21,27-31,37,41H,1,7,10,12-13,15,19-20H2,2H3,(H,39,42). The minimum absolute atomic E-state index is 0.0560. The first-order valence-electron chi connectivity index (χ1n) is 15.7. The smallest absolute Gasteiger partial charge is 0.254 e. The third-order valence-corrected chi connectivity index (χ3v) is 9.63. The fourth-order valence-corrected chi connectivity index (χ4v) is 7.25. The predicted octanol–water partition coefficient (Wildman–Crippen LogP) is 4.72. The van der Waals surface area contributed by atoms with Gasteiger partial charge in [-0.15, -0.1) is 17.9 Å². The maximum absolute atomic E-state index is 14.0. The van der Waals surface area contributed by atoms with E-state index in [4.69, 9.17) is 9.15 Å². The minimum Gasteiger partial charge on any atom is -0.445 e. The Hall–Kier alpha value is -4.16. The van der Waals surface area contributed by atoms with Crippen LogP contribution in [0.4, 0.5) is 0 Å². The fourth-order valence-electron chi connectivity index (χ4n) is 6.31. The van der Waals surface area contributed by atoms with E-state index in [-0.39, 0.29) is 29.7 Å². The summed E-state index contributed by atoms with van der Waals surface area (Å²) in [7, 11) is 0. The molecular formula is C35H39N5O5S. The molecule has 0 bridgehead atoms. The number of benzene rings is 2. The van der Waals surface area contributed by atoms with Crippen LogP contribution in [0.2, 0.25) is 0 Å². The molecule has 0 aliphatic carbocycles. The molecular weight excluding hydrogens is 602 g/mol. The second kappa shape index (κ2) is 14.5. The van der Waals surface area contributed by atoms with E-state index in [2.05, 4.69) is 27.2 Å². The number of carbonyl (C=O) groups is 2. The molecule has 240 valence electrons. The number of aliphatic hydroxyl groups is 1. The zero-order valence-corrected chi connectivity index (χ0v) is 26.6. The van der Waals surface area contributed by atoms with Gasteiger partial charge in [0, 0.05) is 46.9 Å². The topological polar surface area (TPSA) is 130 Å². The minimum atomic E-state index is -0.898. The number of amides is 2. The summed E-state index contributed by atoms with van der Waals surface area (Å²) in [6.45, 7) is 7.30. The molecule has 0 spiro atoms. The number of thiazole rings is 1. The Kier molecular flexibility index (Phi) is 10.0. The number of ether oxygens (including phenoxy) is 1. The lowest BCUT2D eigenvalue weighted by Gasteiger charge is -2.29. The number of nitrogens with one attached hydrogen (secondary N) is 2. The number of hydrogen-bond acceptors (Lipinski definition) is 9. The lowest BCUT2D eigenvalue weighted by molar-refractivity contribution is 0.0617. The van der Waals surface area contributed by atoms with Crippen molar-refractivity contribution in [2.75, 3.05) is 19.7 Å². The van der Waals surface area contributed by atoms with Gasteiger partial charge in [-0.3, -0.25) is 9.59 Å². The third-order valence-electron chi connectivity index (χ3n) is 8.57. The summed E-state index contributed by atoms with van der Waals surface area (Å²) in [6, 6.07) is 13.7. The summed E-state index contributed by atoms with van der Waals surface area (Å²) in [5.74, 6) is -0.286. The number of likely N-dealkylation sites (tertiary alicyclic amines) is 1. The van der Waals surface area contributed by atoms with Crippen LogP contribution in [-0.4, -0.2) is 75.8 Å². The van der Waals surface area contributed by atoms with E-state index in [1.165, 1.54) is 12.5 Å². The van der Waals surface area contributed by atoms with Crippen molar-refractivity contribution in [1.29, 1.82) is 0 Å². The maximum atomic E-state index is 14.0. The van der Waals surface area contributed by atoms with Crippen molar-refractivity contribution >= 4 is 23.2 Å². The Morgan fingerprint density at radius 1 is 1.26 bits per heavy atom. The molecule has 3 N–H and O–H groups in total. The van der Waals surface area contributed by atoms with Crippen LogP contribution >= 0.6 is 11.3 Å². The quantitative estimate of drug-likeness (QED) is 0.190. The molecule has 2 aliphatic heterocycles.